The molecule has 0 aliphatic heterocycles. The summed E-state index contributed by atoms with van der Waals surface area (Å²) < 4.78 is 27.6. The first kappa shape index (κ1) is 14.1. The summed E-state index contributed by atoms with van der Waals surface area (Å²) in [7, 11) is 0. The minimum atomic E-state index is -0.890. The fourth-order valence-electron chi connectivity index (χ4n) is 2.22. The standard InChI is InChI=1S/C13H19F2NO/c1-3-11(16)13(2,7-8-17)12-9(14)5-4-6-10(12)15/h4-6,11,17H,3,7-8,16H2,1-2H3. The molecule has 1 rings (SSSR count). The number of rotatable bonds is 5. The predicted molar refractivity (Wildman–Crippen MR) is 63.7 cm³/mol. The lowest BCUT2D eigenvalue weighted by Crippen LogP contribution is -2.44. The van der Waals surface area contributed by atoms with Gasteiger partial charge in [-0.3, -0.25) is 0 Å². The molecule has 0 aliphatic carbocycles. The maximum atomic E-state index is 13.8. The van der Waals surface area contributed by atoms with Crippen molar-refractivity contribution in [1.29, 1.82) is 0 Å². The molecule has 2 nitrogen and oxygen atoms in total. The molecule has 0 radical (unpaired) electrons. The van der Waals surface area contributed by atoms with Crippen LogP contribution in [0.1, 0.15) is 32.3 Å². The van der Waals surface area contributed by atoms with E-state index in [2.05, 4.69) is 0 Å². The zero-order valence-corrected chi connectivity index (χ0v) is 10.2. The van der Waals surface area contributed by atoms with Crippen molar-refractivity contribution in [3.05, 3.63) is 35.4 Å². The van der Waals surface area contributed by atoms with Crippen LogP contribution in [-0.4, -0.2) is 17.8 Å². The highest BCUT2D eigenvalue weighted by Crippen LogP contribution is 2.35. The van der Waals surface area contributed by atoms with Crippen molar-refractivity contribution in [3.8, 4) is 0 Å². The molecule has 0 amide bonds. The molecule has 0 fully saturated rings. The van der Waals surface area contributed by atoms with Crippen molar-refractivity contribution in [3.63, 3.8) is 0 Å². The van der Waals surface area contributed by atoms with Crippen molar-refractivity contribution < 1.29 is 13.9 Å². The Bertz CT molecular complexity index is 363. The first-order valence-electron chi connectivity index (χ1n) is 5.78. The summed E-state index contributed by atoms with van der Waals surface area (Å²) >= 11 is 0. The van der Waals surface area contributed by atoms with E-state index in [-0.39, 0.29) is 18.6 Å². The van der Waals surface area contributed by atoms with Crippen LogP contribution in [-0.2, 0) is 5.41 Å². The summed E-state index contributed by atoms with van der Waals surface area (Å²) in [6.45, 7) is 3.40. The monoisotopic (exact) mass is 243 g/mol. The number of halogens is 2. The molecule has 2 unspecified atom stereocenters. The van der Waals surface area contributed by atoms with Gasteiger partial charge in [-0.05, 0) is 25.0 Å². The fourth-order valence-corrected chi connectivity index (χ4v) is 2.22. The largest absolute Gasteiger partial charge is 0.396 e. The molecule has 1 aromatic carbocycles. The molecule has 17 heavy (non-hydrogen) atoms. The van der Waals surface area contributed by atoms with Crippen LogP contribution in [0.3, 0.4) is 0 Å². The van der Waals surface area contributed by atoms with Crippen LogP contribution in [0.5, 0.6) is 0 Å². The van der Waals surface area contributed by atoms with Gasteiger partial charge in [0.2, 0.25) is 0 Å². The molecular formula is C13H19F2NO. The van der Waals surface area contributed by atoms with E-state index in [4.69, 9.17) is 10.8 Å². The molecule has 0 aromatic heterocycles. The second kappa shape index (κ2) is 5.56. The quantitative estimate of drug-likeness (QED) is 0.833. The number of benzene rings is 1. The van der Waals surface area contributed by atoms with Gasteiger partial charge in [-0.2, -0.15) is 0 Å². The van der Waals surface area contributed by atoms with Gasteiger partial charge in [0.1, 0.15) is 11.6 Å². The van der Waals surface area contributed by atoms with E-state index in [0.717, 1.165) is 0 Å². The molecule has 96 valence electrons. The number of aliphatic hydroxyl groups excluding tert-OH is 1. The van der Waals surface area contributed by atoms with E-state index in [1.807, 2.05) is 6.92 Å². The molecule has 4 heteroatoms. The van der Waals surface area contributed by atoms with Gasteiger partial charge in [-0.1, -0.05) is 19.9 Å². The molecule has 0 saturated heterocycles. The second-order valence-corrected chi connectivity index (χ2v) is 4.50. The summed E-state index contributed by atoms with van der Waals surface area (Å²) in [5.41, 5.74) is 5.05. The van der Waals surface area contributed by atoms with E-state index < -0.39 is 23.1 Å². The lowest BCUT2D eigenvalue weighted by atomic mass is 9.72. The van der Waals surface area contributed by atoms with E-state index in [1.165, 1.54) is 18.2 Å². The third-order valence-corrected chi connectivity index (χ3v) is 3.42. The van der Waals surface area contributed by atoms with Crippen LogP contribution in [0, 0.1) is 11.6 Å². The SMILES string of the molecule is CCC(N)C(C)(CCO)c1c(F)cccc1F. The summed E-state index contributed by atoms with van der Waals surface area (Å²) in [6, 6.07) is 3.36. The number of hydrogen-bond donors (Lipinski definition) is 2. The van der Waals surface area contributed by atoms with Gasteiger partial charge < -0.3 is 10.8 Å². The van der Waals surface area contributed by atoms with E-state index in [0.29, 0.717) is 6.42 Å². The van der Waals surface area contributed by atoms with Crippen LogP contribution in [0.15, 0.2) is 18.2 Å². The normalized spacial score (nSPS) is 16.6. The van der Waals surface area contributed by atoms with Gasteiger partial charge >= 0.3 is 0 Å². The highest BCUT2D eigenvalue weighted by atomic mass is 19.1. The Morgan fingerprint density at radius 1 is 1.35 bits per heavy atom. The van der Waals surface area contributed by atoms with Gasteiger partial charge in [-0.15, -0.1) is 0 Å². The second-order valence-electron chi connectivity index (χ2n) is 4.50. The van der Waals surface area contributed by atoms with Gasteiger partial charge in [0.15, 0.2) is 0 Å². The Morgan fingerprint density at radius 3 is 2.29 bits per heavy atom. The van der Waals surface area contributed by atoms with Gasteiger partial charge in [-0.25, -0.2) is 8.78 Å². The van der Waals surface area contributed by atoms with Gasteiger partial charge in [0.25, 0.3) is 0 Å². The third-order valence-electron chi connectivity index (χ3n) is 3.42. The number of nitrogens with two attached hydrogens (primary N) is 1. The first-order valence-corrected chi connectivity index (χ1v) is 5.78. The lowest BCUT2D eigenvalue weighted by Gasteiger charge is -2.35. The van der Waals surface area contributed by atoms with E-state index in [1.54, 1.807) is 6.92 Å². The van der Waals surface area contributed by atoms with Crippen molar-refractivity contribution in [1.82, 2.24) is 0 Å². The minimum Gasteiger partial charge on any atom is -0.396 e. The minimum absolute atomic E-state index is 0.0246. The van der Waals surface area contributed by atoms with Crippen molar-refractivity contribution in [2.75, 3.05) is 6.61 Å². The molecule has 0 bridgehead atoms. The highest BCUT2D eigenvalue weighted by Gasteiger charge is 2.36. The fraction of sp³-hybridized carbons (Fsp3) is 0.538. The van der Waals surface area contributed by atoms with Crippen LogP contribution in [0.4, 0.5) is 8.78 Å². The Kier molecular flexibility index (Phi) is 4.60. The molecule has 3 N–H and O–H groups in total. The van der Waals surface area contributed by atoms with Gasteiger partial charge in [0.05, 0.1) is 0 Å². The summed E-state index contributed by atoms with van der Waals surface area (Å²) in [5.74, 6) is -1.21. The van der Waals surface area contributed by atoms with Gasteiger partial charge in [0, 0.05) is 23.6 Å². The summed E-state index contributed by atoms with van der Waals surface area (Å²) in [6.07, 6.45) is 0.824. The van der Waals surface area contributed by atoms with Crippen molar-refractivity contribution >= 4 is 0 Å². The highest BCUT2D eigenvalue weighted by molar-refractivity contribution is 5.30. The Hall–Kier alpha value is -1.00. The summed E-state index contributed by atoms with van der Waals surface area (Å²) in [5, 5.41) is 9.09. The van der Waals surface area contributed by atoms with Crippen LogP contribution < -0.4 is 5.73 Å². The average molecular weight is 243 g/mol. The van der Waals surface area contributed by atoms with Crippen LogP contribution in [0.25, 0.3) is 0 Å². The Morgan fingerprint density at radius 2 is 1.88 bits per heavy atom. The molecule has 0 heterocycles. The topological polar surface area (TPSA) is 46.2 Å². The molecule has 0 spiro atoms. The number of aliphatic hydroxyl groups is 1. The van der Waals surface area contributed by atoms with E-state index >= 15 is 0 Å². The average Bonchev–Trinajstić information content (AvgIpc) is 2.28. The molecule has 2 atom stereocenters. The van der Waals surface area contributed by atoms with Crippen molar-refractivity contribution in [2.24, 2.45) is 5.73 Å². The lowest BCUT2D eigenvalue weighted by molar-refractivity contribution is 0.216. The number of hydrogen-bond acceptors (Lipinski definition) is 2. The third kappa shape index (κ3) is 2.64. The molecule has 0 saturated carbocycles. The Labute approximate surface area is 100 Å². The smallest absolute Gasteiger partial charge is 0.129 e. The van der Waals surface area contributed by atoms with E-state index in [9.17, 15) is 8.78 Å². The summed E-state index contributed by atoms with van der Waals surface area (Å²) in [4.78, 5) is 0. The molecule has 1 aromatic rings. The zero-order valence-electron chi connectivity index (χ0n) is 10.2. The zero-order chi connectivity index (χ0) is 13.1. The van der Waals surface area contributed by atoms with Crippen LogP contribution in [0.2, 0.25) is 0 Å². The maximum absolute atomic E-state index is 13.8. The van der Waals surface area contributed by atoms with Crippen LogP contribution >= 0.6 is 0 Å². The van der Waals surface area contributed by atoms with Crippen molar-refractivity contribution in [2.45, 2.75) is 38.1 Å². The predicted octanol–water partition coefficient (Wildman–Crippen LogP) is 2.34. The first-order chi connectivity index (χ1) is 7.97. The molecule has 0 aliphatic rings. The Balaban J connectivity index is 3.31. The molecular weight excluding hydrogens is 224 g/mol. The maximum Gasteiger partial charge on any atom is 0.129 e.